The summed E-state index contributed by atoms with van der Waals surface area (Å²) in [5.74, 6) is -4.36. The number of hydrogen-bond acceptors (Lipinski definition) is 5. The standard InChI is InChI=1S/C29H23NO5/c1-15-11-13-18(14-12-15)24-22-23(28(34)30(27(22)33)21-10-6-7-16(2)17(21)3)29(35-24)25(31)19-8-4-5-9-20(19)26(29)32/h4-14,22-24H,1-3H3/t22-,23-,24+/m1/s1. The van der Waals surface area contributed by atoms with E-state index in [1.807, 2.05) is 51.1 Å². The van der Waals surface area contributed by atoms with Gasteiger partial charge in [0.05, 0.1) is 23.6 Å². The van der Waals surface area contributed by atoms with Crippen LogP contribution in [-0.2, 0) is 14.3 Å². The van der Waals surface area contributed by atoms with E-state index in [0.717, 1.165) is 21.6 Å². The molecule has 0 saturated carbocycles. The van der Waals surface area contributed by atoms with Crippen LogP contribution in [0, 0.1) is 32.6 Å². The number of hydrogen-bond donors (Lipinski definition) is 0. The second kappa shape index (κ2) is 7.30. The molecule has 2 fully saturated rings. The molecule has 3 atom stereocenters. The number of carbonyl (C=O) groups excluding carboxylic acids is 4. The van der Waals surface area contributed by atoms with Crippen molar-refractivity contribution in [3.63, 3.8) is 0 Å². The number of ketones is 2. The zero-order valence-electron chi connectivity index (χ0n) is 19.6. The first kappa shape index (κ1) is 21.6. The molecule has 1 aliphatic carbocycles. The van der Waals surface area contributed by atoms with Crippen LogP contribution in [0.25, 0.3) is 0 Å². The second-order valence-corrected chi connectivity index (χ2v) is 9.62. The average molecular weight is 466 g/mol. The van der Waals surface area contributed by atoms with Crippen molar-refractivity contribution in [2.75, 3.05) is 4.90 Å². The minimum atomic E-state index is -2.05. The van der Waals surface area contributed by atoms with Gasteiger partial charge < -0.3 is 4.74 Å². The fourth-order valence-corrected chi connectivity index (χ4v) is 5.79. The smallest absolute Gasteiger partial charge is 0.241 e. The summed E-state index contributed by atoms with van der Waals surface area (Å²) in [5, 5.41) is 0. The van der Waals surface area contributed by atoms with Crippen LogP contribution >= 0.6 is 0 Å². The number of ether oxygens (including phenoxy) is 1. The number of fused-ring (bicyclic) bond motifs is 3. The van der Waals surface area contributed by atoms with E-state index in [9.17, 15) is 19.2 Å². The largest absolute Gasteiger partial charge is 0.349 e. The van der Waals surface area contributed by atoms with Gasteiger partial charge in [-0.05, 0) is 43.5 Å². The third kappa shape index (κ3) is 2.68. The normalized spacial score (nSPS) is 24.4. The Morgan fingerprint density at radius 2 is 1.37 bits per heavy atom. The molecular weight excluding hydrogens is 442 g/mol. The number of amides is 2. The van der Waals surface area contributed by atoms with Crippen molar-refractivity contribution < 1.29 is 23.9 Å². The Morgan fingerprint density at radius 1 is 0.743 bits per heavy atom. The number of nitrogens with zero attached hydrogens (tertiary/aromatic N) is 1. The highest BCUT2D eigenvalue weighted by Crippen LogP contribution is 2.57. The average Bonchev–Trinajstić information content (AvgIpc) is 3.42. The number of Topliss-reactive ketones (excluding diaryl/α,β-unsaturated/α-hetero) is 2. The molecule has 0 aromatic heterocycles. The van der Waals surface area contributed by atoms with Gasteiger partial charge in [-0.1, -0.05) is 66.2 Å². The highest BCUT2D eigenvalue weighted by atomic mass is 16.5. The summed E-state index contributed by atoms with van der Waals surface area (Å²) < 4.78 is 6.32. The van der Waals surface area contributed by atoms with Crippen molar-refractivity contribution in [3.8, 4) is 0 Å². The van der Waals surface area contributed by atoms with Crippen molar-refractivity contribution in [3.05, 3.63) is 100 Å². The molecule has 0 unspecified atom stereocenters. The lowest BCUT2D eigenvalue weighted by molar-refractivity contribution is -0.127. The molecule has 6 heteroatoms. The zero-order chi connectivity index (χ0) is 24.6. The van der Waals surface area contributed by atoms with Crippen LogP contribution in [0.1, 0.15) is 49.1 Å². The Labute approximate surface area is 202 Å². The van der Waals surface area contributed by atoms with Gasteiger partial charge in [0.15, 0.2) is 0 Å². The van der Waals surface area contributed by atoms with E-state index in [1.165, 1.54) is 0 Å². The number of anilines is 1. The fourth-order valence-electron chi connectivity index (χ4n) is 5.79. The van der Waals surface area contributed by atoms with Crippen molar-refractivity contribution >= 4 is 29.1 Å². The number of rotatable bonds is 2. The molecule has 0 bridgehead atoms. The molecule has 174 valence electrons. The molecule has 3 aromatic rings. The lowest BCUT2D eigenvalue weighted by Crippen LogP contribution is -2.51. The van der Waals surface area contributed by atoms with Crippen LogP contribution in [-0.4, -0.2) is 29.0 Å². The Bertz CT molecular complexity index is 1420. The Balaban J connectivity index is 1.56. The summed E-state index contributed by atoms with van der Waals surface area (Å²) in [6, 6.07) is 19.3. The van der Waals surface area contributed by atoms with Crippen LogP contribution in [0.4, 0.5) is 5.69 Å². The topological polar surface area (TPSA) is 80.8 Å². The van der Waals surface area contributed by atoms with E-state index in [0.29, 0.717) is 11.3 Å². The minimum absolute atomic E-state index is 0.228. The lowest BCUT2D eigenvalue weighted by Gasteiger charge is -2.28. The maximum Gasteiger partial charge on any atom is 0.241 e. The zero-order valence-corrected chi connectivity index (χ0v) is 19.6. The minimum Gasteiger partial charge on any atom is -0.349 e. The van der Waals surface area contributed by atoms with E-state index in [-0.39, 0.29) is 11.1 Å². The maximum absolute atomic E-state index is 14.0. The van der Waals surface area contributed by atoms with Gasteiger partial charge in [-0.3, -0.25) is 19.2 Å². The van der Waals surface area contributed by atoms with Gasteiger partial charge in [-0.15, -0.1) is 0 Å². The molecule has 2 amide bonds. The number of imide groups is 1. The highest BCUT2D eigenvalue weighted by Gasteiger charge is 2.74. The molecule has 0 N–H and O–H groups in total. The van der Waals surface area contributed by atoms with Crippen LogP contribution in [0.5, 0.6) is 0 Å². The maximum atomic E-state index is 14.0. The molecule has 6 rings (SSSR count). The van der Waals surface area contributed by atoms with Gasteiger partial charge in [-0.25, -0.2) is 4.90 Å². The number of aryl methyl sites for hydroxylation is 2. The van der Waals surface area contributed by atoms with Gasteiger partial charge in [0.1, 0.15) is 0 Å². The number of carbonyl (C=O) groups is 4. The molecule has 0 radical (unpaired) electrons. The molecule has 2 saturated heterocycles. The predicted molar refractivity (Wildman–Crippen MR) is 128 cm³/mol. The van der Waals surface area contributed by atoms with Crippen LogP contribution < -0.4 is 4.90 Å². The van der Waals surface area contributed by atoms with E-state index in [2.05, 4.69) is 0 Å². The van der Waals surface area contributed by atoms with Crippen LogP contribution in [0.15, 0.2) is 66.7 Å². The van der Waals surface area contributed by atoms with Gasteiger partial charge in [0, 0.05) is 11.1 Å². The summed E-state index contributed by atoms with van der Waals surface area (Å²) >= 11 is 0. The molecule has 3 aliphatic rings. The second-order valence-electron chi connectivity index (χ2n) is 9.62. The monoisotopic (exact) mass is 465 g/mol. The summed E-state index contributed by atoms with van der Waals surface area (Å²) in [5.41, 5.74) is 2.28. The first-order valence-electron chi connectivity index (χ1n) is 11.6. The lowest BCUT2D eigenvalue weighted by atomic mass is 9.77. The fraction of sp³-hybridized carbons (Fsp3) is 0.241. The van der Waals surface area contributed by atoms with E-state index >= 15 is 0 Å². The van der Waals surface area contributed by atoms with Crippen LogP contribution in [0.3, 0.4) is 0 Å². The first-order valence-corrected chi connectivity index (χ1v) is 11.6. The van der Waals surface area contributed by atoms with Crippen molar-refractivity contribution in [2.24, 2.45) is 11.8 Å². The summed E-state index contributed by atoms with van der Waals surface area (Å²) in [6.07, 6.45) is -0.908. The molecule has 2 aliphatic heterocycles. The Hall–Kier alpha value is -3.90. The molecule has 1 spiro atoms. The molecule has 2 heterocycles. The van der Waals surface area contributed by atoms with Gasteiger partial charge in [0.25, 0.3) is 0 Å². The highest BCUT2D eigenvalue weighted by molar-refractivity contribution is 6.37. The van der Waals surface area contributed by atoms with Gasteiger partial charge in [0.2, 0.25) is 29.0 Å². The summed E-state index contributed by atoms with van der Waals surface area (Å²) in [4.78, 5) is 56.7. The van der Waals surface area contributed by atoms with Gasteiger partial charge >= 0.3 is 0 Å². The van der Waals surface area contributed by atoms with Crippen molar-refractivity contribution in [1.29, 1.82) is 0 Å². The van der Waals surface area contributed by atoms with E-state index in [1.54, 1.807) is 36.4 Å². The van der Waals surface area contributed by atoms with Crippen molar-refractivity contribution in [2.45, 2.75) is 32.5 Å². The SMILES string of the molecule is Cc1ccc([C@@H]2OC3(C(=O)c4ccccc4C3=O)[C@H]3C(=O)N(c4cccc(C)c4C)C(=O)[C@@H]23)cc1. The Kier molecular flexibility index (Phi) is 4.51. The van der Waals surface area contributed by atoms with E-state index < -0.39 is 46.9 Å². The summed E-state index contributed by atoms with van der Waals surface area (Å²) in [7, 11) is 0. The Morgan fingerprint density at radius 3 is 2.00 bits per heavy atom. The third-order valence-electron chi connectivity index (χ3n) is 7.74. The van der Waals surface area contributed by atoms with Crippen LogP contribution in [0.2, 0.25) is 0 Å². The molecule has 6 nitrogen and oxygen atoms in total. The molecule has 35 heavy (non-hydrogen) atoms. The first-order chi connectivity index (χ1) is 16.8. The molecule has 3 aromatic carbocycles. The molecular formula is C29H23NO5. The summed E-state index contributed by atoms with van der Waals surface area (Å²) in [6.45, 7) is 5.70. The third-order valence-corrected chi connectivity index (χ3v) is 7.74. The quantitative estimate of drug-likeness (QED) is 0.416. The van der Waals surface area contributed by atoms with Gasteiger partial charge in [-0.2, -0.15) is 0 Å². The van der Waals surface area contributed by atoms with E-state index in [4.69, 9.17) is 4.74 Å². The number of benzene rings is 3. The van der Waals surface area contributed by atoms with Crippen molar-refractivity contribution in [1.82, 2.24) is 0 Å². The predicted octanol–water partition coefficient (Wildman–Crippen LogP) is 4.31.